The molecule has 0 spiro atoms. The maximum Gasteiger partial charge on any atom is 0.387 e. The third-order valence-corrected chi connectivity index (χ3v) is 3.61. The summed E-state index contributed by atoms with van der Waals surface area (Å²) in [6.45, 7) is -2.06. The van der Waals surface area contributed by atoms with Crippen LogP contribution < -0.4 is 24.8 Å². The van der Waals surface area contributed by atoms with E-state index >= 15 is 0 Å². The molecule has 0 atom stereocenters. The number of hydrogen-bond donors (Lipinski definition) is 2. The van der Waals surface area contributed by atoms with Crippen molar-refractivity contribution in [3.8, 4) is 17.2 Å². The van der Waals surface area contributed by atoms with Crippen LogP contribution in [0.5, 0.6) is 17.2 Å². The van der Waals surface area contributed by atoms with Gasteiger partial charge in [-0.15, -0.1) is 24.0 Å². The fourth-order valence-corrected chi connectivity index (χ4v) is 2.33. The molecular weight excluding hydrogens is 502 g/mol. The molecule has 10 heteroatoms. The molecule has 0 bridgehead atoms. The summed E-state index contributed by atoms with van der Waals surface area (Å²) in [4.78, 5) is 4.05. The molecule has 0 radical (unpaired) electrons. The van der Waals surface area contributed by atoms with Crippen LogP contribution in [0.4, 0.5) is 13.2 Å². The maximum atomic E-state index is 13.1. The van der Waals surface area contributed by atoms with Crippen molar-refractivity contribution in [2.24, 2.45) is 4.99 Å². The second kappa shape index (κ2) is 13.0. The number of ether oxygens (including phenoxy) is 3. The topological polar surface area (TPSA) is 64.1 Å². The minimum atomic E-state index is -2.93. The van der Waals surface area contributed by atoms with E-state index in [0.29, 0.717) is 29.6 Å². The van der Waals surface area contributed by atoms with E-state index in [9.17, 15) is 13.2 Å². The van der Waals surface area contributed by atoms with E-state index in [1.165, 1.54) is 31.4 Å². The molecule has 0 unspecified atom stereocenters. The Kier molecular flexibility index (Phi) is 11.0. The number of alkyl halides is 2. The summed E-state index contributed by atoms with van der Waals surface area (Å²) in [6.07, 6.45) is 0. The molecule has 0 heterocycles. The van der Waals surface area contributed by atoms with Crippen LogP contribution in [0.3, 0.4) is 0 Å². The Morgan fingerprint density at radius 2 is 1.90 bits per heavy atom. The van der Waals surface area contributed by atoms with E-state index in [4.69, 9.17) is 9.47 Å². The summed E-state index contributed by atoms with van der Waals surface area (Å²) in [5, 5.41) is 6.01. The summed E-state index contributed by atoms with van der Waals surface area (Å²) in [5.74, 6) is 1.06. The zero-order chi connectivity index (χ0) is 20.4. The number of methoxy groups -OCH3 is 1. The average molecular weight is 525 g/mol. The molecule has 0 amide bonds. The second-order valence-corrected chi connectivity index (χ2v) is 5.51. The molecule has 29 heavy (non-hydrogen) atoms. The van der Waals surface area contributed by atoms with E-state index in [1.54, 1.807) is 25.2 Å². The van der Waals surface area contributed by atoms with Gasteiger partial charge >= 0.3 is 6.61 Å². The van der Waals surface area contributed by atoms with Crippen molar-refractivity contribution in [2.45, 2.75) is 13.2 Å². The Bertz CT molecular complexity index is 794. The number of nitrogens with one attached hydrogen (secondary N) is 2. The molecule has 2 N–H and O–H groups in total. The first-order chi connectivity index (χ1) is 13.5. The highest BCUT2D eigenvalue weighted by atomic mass is 127. The minimum Gasteiger partial charge on any atom is -0.497 e. The Labute approximate surface area is 184 Å². The normalized spacial score (nSPS) is 10.9. The van der Waals surface area contributed by atoms with Crippen LogP contribution in [-0.2, 0) is 6.54 Å². The van der Waals surface area contributed by atoms with Crippen molar-refractivity contribution < 1.29 is 27.4 Å². The number of benzene rings is 2. The Morgan fingerprint density at radius 3 is 2.55 bits per heavy atom. The second-order valence-electron chi connectivity index (χ2n) is 5.51. The summed E-state index contributed by atoms with van der Waals surface area (Å²) < 4.78 is 53.3. The van der Waals surface area contributed by atoms with Gasteiger partial charge in [0, 0.05) is 25.2 Å². The quantitative estimate of drug-likeness (QED) is 0.226. The summed E-state index contributed by atoms with van der Waals surface area (Å²) in [6, 6.07) is 10.4. The number of aliphatic imine (C=N–C) groups is 1. The predicted octanol–water partition coefficient (Wildman–Crippen LogP) is 3.80. The van der Waals surface area contributed by atoms with Crippen molar-refractivity contribution in [1.82, 2.24) is 10.6 Å². The van der Waals surface area contributed by atoms with Gasteiger partial charge in [-0.1, -0.05) is 6.07 Å². The molecule has 0 saturated carbocycles. The van der Waals surface area contributed by atoms with Gasteiger partial charge in [-0.25, -0.2) is 4.39 Å². The van der Waals surface area contributed by atoms with Crippen LogP contribution in [0.25, 0.3) is 0 Å². The molecule has 0 aliphatic heterocycles. The van der Waals surface area contributed by atoms with Crippen molar-refractivity contribution in [3.05, 3.63) is 53.8 Å². The van der Waals surface area contributed by atoms with E-state index in [2.05, 4.69) is 20.4 Å². The third-order valence-electron chi connectivity index (χ3n) is 3.61. The molecule has 160 valence electrons. The fourth-order valence-electron chi connectivity index (χ4n) is 2.33. The first-order valence-corrected chi connectivity index (χ1v) is 8.46. The highest BCUT2D eigenvalue weighted by Crippen LogP contribution is 2.25. The smallest absolute Gasteiger partial charge is 0.387 e. The highest BCUT2D eigenvalue weighted by molar-refractivity contribution is 14.0. The van der Waals surface area contributed by atoms with E-state index in [1.807, 2.05) is 0 Å². The Balaban J connectivity index is 0.00000420. The molecule has 2 aromatic carbocycles. The molecule has 0 aliphatic rings. The van der Waals surface area contributed by atoms with Crippen LogP contribution in [0.15, 0.2) is 47.5 Å². The molecule has 0 aromatic heterocycles. The van der Waals surface area contributed by atoms with Gasteiger partial charge in [0.1, 0.15) is 29.7 Å². The van der Waals surface area contributed by atoms with E-state index in [0.717, 1.165) is 0 Å². The molecule has 0 saturated heterocycles. The fraction of sp³-hybridized carbons (Fsp3) is 0.316. The minimum absolute atomic E-state index is 0. The van der Waals surface area contributed by atoms with Gasteiger partial charge in [-0.2, -0.15) is 8.78 Å². The van der Waals surface area contributed by atoms with Gasteiger partial charge in [-0.3, -0.25) is 4.99 Å². The van der Waals surface area contributed by atoms with E-state index in [-0.39, 0.29) is 48.7 Å². The lowest BCUT2D eigenvalue weighted by Gasteiger charge is -2.15. The molecule has 2 rings (SSSR count). The largest absolute Gasteiger partial charge is 0.497 e. The van der Waals surface area contributed by atoms with Gasteiger partial charge in [-0.05, 0) is 30.3 Å². The van der Waals surface area contributed by atoms with Gasteiger partial charge in [0.15, 0.2) is 5.96 Å². The number of guanidine groups is 1. The lowest BCUT2D eigenvalue weighted by molar-refractivity contribution is -0.0505. The number of hydrogen-bond acceptors (Lipinski definition) is 4. The van der Waals surface area contributed by atoms with Crippen molar-refractivity contribution in [1.29, 1.82) is 0 Å². The number of halogens is 4. The van der Waals surface area contributed by atoms with Crippen molar-refractivity contribution in [3.63, 3.8) is 0 Å². The van der Waals surface area contributed by atoms with Crippen LogP contribution in [0.1, 0.15) is 5.56 Å². The first-order valence-electron chi connectivity index (χ1n) is 8.46. The summed E-state index contributed by atoms with van der Waals surface area (Å²) >= 11 is 0. The number of rotatable bonds is 9. The van der Waals surface area contributed by atoms with Gasteiger partial charge in [0.25, 0.3) is 0 Å². The molecule has 0 aliphatic carbocycles. The zero-order valence-corrected chi connectivity index (χ0v) is 18.3. The van der Waals surface area contributed by atoms with Crippen molar-refractivity contribution in [2.75, 3.05) is 27.3 Å². The molecule has 2 aromatic rings. The molecular formula is C19H23F3IN3O3. The highest BCUT2D eigenvalue weighted by Gasteiger charge is 2.11. The van der Waals surface area contributed by atoms with Crippen LogP contribution in [0, 0.1) is 5.82 Å². The van der Waals surface area contributed by atoms with Crippen molar-refractivity contribution >= 4 is 29.9 Å². The van der Waals surface area contributed by atoms with Crippen LogP contribution in [0.2, 0.25) is 0 Å². The lowest BCUT2D eigenvalue weighted by atomic mass is 10.2. The van der Waals surface area contributed by atoms with Crippen LogP contribution >= 0.6 is 24.0 Å². The Hall–Kier alpha value is -2.37. The third kappa shape index (κ3) is 8.67. The predicted molar refractivity (Wildman–Crippen MR) is 115 cm³/mol. The number of nitrogens with zero attached hydrogens (tertiary/aromatic N) is 1. The van der Waals surface area contributed by atoms with Gasteiger partial charge in [0.2, 0.25) is 0 Å². The standard InChI is InChI=1S/C19H22F3N3O3.HI/c1-23-19(24-8-9-27-16-5-3-4-14(20)11-16)25-12-13-10-15(26-2)6-7-17(13)28-18(21)22;/h3-7,10-11,18H,8-9,12H2,1-2H3,(H2,23,24,25);1H. The SMILES string of the molecule is CN=C(NCCOc1cccc(F)c1)NCc1cc(OC)ccc1OC(F)F.I. The lowest BCUT2D eigenvalue weighted by Crippen LogP contribution is -2.39. The zero-order valence-electron chi connectivity index (χ0n) is 16.0. The summed E-state index contributed by atoms with van der Waals surface area (Å²) in [5.41, 5.74) is 0.485. The van der Waals surface area contributed by atoms with Crippen LogP contribution in [-0.4, -0.2) is 39.9 Å². The molecule has 6 nitrogen and oxygen atoms in total. The maximum absolute atomic E-state index is 13.1. The average Bonchev–Trinajstić information content (AvgIpc) is 2.68. The van der Waals surface area contributed by atoms with Gasteiger partial charge in [0.05, 0.1) is 13.7 Å². The first kappa shape index (κ1) is 24.7. The van der Waals surface area contributed by atoms with E-state index < -0.39 is 6.61 Å². The summed E-state index contributed by atoms with van der Waals surface area (Å²) in [7, 11) is 3.06. The Morgan fingerprint density at radius 1 is 1.10 bits per heavy atom. The van der Waals surface area contributed by atoms with Gasteiger partial charge < -0.3 is 24.8 Å². The molecule has 0 fully saturated rings. The monoisotopic (exact) mass is 525 g/mol.